The van der Waals surface area contributed by atoms with Crippen LogP contribution in [0.3, 0.4) is 0 Å². The third-order valence-corrected chi connectivity index (χ3v) is 3.46. The molecule has 3 nitrogen and oxygen atoms in total. The second-order valence-corrected chi connectivity index (χ2v) is 4.67. The van der Waals surface area contributed by atoms with Crippen LogP contribution in [0.1, 0.15) is 23.2 Å². The quantitative estimate of drug-likeness (QED) is 0.841. The highest BCUT2D eigenvalue weighted by Crippen LogP contribution is 2.28. The Morgan fingerprint density at radius 2 is 2.06 bits per heavy atom. The van der Waals surface area contributed by atoms with E-state index in [4.69, 9.17) is 5.11 Å². The first kappa shape index (κ1) is 12.1. The van der Waals surface area contributed by atoms with Crippen LogP contribution in [0.4, 0.5) is 10.1 Å². The van der Waals surface area contributed by atoms with Gasteiger partial charge in [0.1, 0.15) is 0 Å². The van der Waals surface area contributed by atoms with Crippen LogP contribution >= 0.6 is 15.9 Å². The predicted molar refractivity (Wildman–Crippen MR) is 66.8 cm³/mol. The fraction of sp³-hybridized carbons (Fsp3) is 0.250. The average Bonchev–Trinajstić information content (AvgIpc) is 2.77. The van der Waals surface area contributed by atoms with Gasteiger partial charge < -0.3 is 10.4 Å². The number of carboxylic acid groups (broad SMARTS) is 1. The van der Waals surface area contributed by atoms with E-state index < -0.39 is 11.8 Å². The van der Waals surface area contributed by atoms with Crippen LogP contribution in [0.5, 0.6) is 0 Å². The van der Waals surface area contributed by atoms with Gasteiger partial charge in [-0.1, -0.05) is 12.2 Å². The molecule has 0 atom stereocenters. The lowest BCUT2D eigenvalue weighted by Gasteiger charge is -2.15. The zero-order chi connectivity index (χ0) is 12.4. The van der Waals surface area contributed by atoms with Crippen LogP contribution < -0.4 is 5.32 Å². The predicted octanol–water partition coefficient (Wildman–Crippen LogP) is 3.42. The van der Waals surface area contributed by atoms with Gasteiger partial charge in [0.2, 0.25) is 0 Å². The van der Waals surface area contributed by atoms with Crippen LogP contribution in [-0.4, -0.2) is 17.1 Å². The van der Waals surface area contributed by atoms with Gasteiger partial charge in [-0.3, -0.25) is 0 Å². The van der Waals surface area contributed by atoms with Crippen molar-refractivity contribution in [3.8, 4) is 0 Å². The summed E-state index contributed by atoms with van der Waals surface area (Å²) in [4.78, 5) is 10.8. The molecule has 1 aromatic carbocycles. The van der Waals surface area contributed by atoms with E-state index in [1.165, 1.54) is 12.1 Å². The number of hydrogen-bond acceptors (Lipinski definition) is 2. The summed E-state index contributed by atoms with van der Waals surface area (Å²) in [6, 6.07) is 3.04. The summed E-state index contributed by atoms with van der Waals surface area (Å²) in [6.45, 7) is 0. The van der Waals surface area contributed by atoms with Gasteiger partial charge in [-0.05, 0) is 40.9 Å². The largest absolute Gasteiger partial charge is 0.478 e. The lowest BCUT2D eigenvalue weighted by Crippen LogP contribution is -2.16. The SMILES string of the molecule is O=C(O)c1ccc(NC2CC=CC2)c(F)c1Br. The third-order valence-electron chi connectivity index (χ3n) is 2.68. The lowest BCUT2D eigenvalue weighted by molar-refractivity contribution is 0.0695. The zero-order valence-electron chi connectivity index (χ0n) is 8.91. The fourth-order valence-electron chi connectivity index (χ4n) is 1.78. The second kappa shape index (κ2) is 4.87. The number of rotatable bonds is 3. The molecule has 0 radical (unpaired) electrons. The molecule has 0 unspecified atom stereocenters. The summed E-state index contributed by atoms with van der Waals surface area (Å²) < 4.78 is 13.9. The van der Waals surface area contributed by atoms with E-state index in [1.807, 2.05) is 12.2 Å². The maximum absolute atomic E-state index is 13.9. The molecular weight excluding hydrogens is 289 g/mol. The summed E-state index contributed by atoms with van der Waals surface area (Å²) in [5.74, 6) is -1.71. The number of aromatic carboxylic acids is 1. The normalized spacial score (nSPS) is 15.2. The Kier molecular flexibility index (Phi) is 3.47. The molecule has 1 aliphatic carbocycles. The van der Waals surface area contributed by atoms with Gasteiger partial charge in [0.05, 0.1) is 15.7 Å². The molecule has 0 saturated carbocycles. The van der Waals surface area contributed by atoms with Gasteiger partial charge in [0.15, 0.2) is 5.82 Å². The maximum Gasteiger partial charge on any atom is 0.336 e. The molecular formula is C12H11BrFNO2. The molecule has 1 aliphatic rings. The highest BCUT2D eigenvalue weighted by Gasteiger charge is 2.18. The Bertz CT molecular complexity index is 480. The minimum atomic E-state index is -1.15. The van der Waals surface area contributed by atoms with Crippen LogP contribution in [0.2, 0.25) is 0 Å². The molecule has 0 spiro atoms. The number of halogens is 2. The molecule has 0 fully saturated rings. The van der Waals surface area contributed by atoms with Crippen molar-refractivity contribution >= 4 is 27.6 Å². The van der Waals surface area contributed by atoms with E-state index in [2.05, 4.69) is 21.2 Å². The van der Waals surface area contributed by atoms with Crippen LogP contribution in [0.25, 0.3) is 0 Å². The fourth-order valence-corrected chi connectivity index (χ4v) is 2.30. The number of benzene rings is 1. The molecule has 5 heteroatoms. The Morgan fingerprint density at radius 3 is 2.65 bits per heavy atom. The molecule has 17 heavy (non-hydrogen) atoms. The standard InChI is InChI=1S/C12H11BrFNO2/c13-10-8(12(16)17)5-6-9(11(10)14)15-7-3-1-2-4-7/h1-2,5-7,15H,3-4H2,(H,16,17). The summed E-state index contributed by atoms with van der Waals surface area (Å²) in [5, 5.41) is 11.9. The number of carboxylic acids is 1. The Morgan fingerprint density at radius 1 is 1.41 bits per heavy atom. The molecule has 0 aliphatic heterocycles. The lowest BCUT2D eigenvalue weighted by atomic mass is 10.1. The van der Waals surface area contributed by atoms with Crippen LogP contribution in [0, 0.1) is 5.82 Å². The van der Waals surface area contributed by atoms with E-state index in [0.717, 1.165) is 12.8 Å². The molecule has 0 amide bonds. The molecule has 90 valence electrons. The van der Waals surface area contributed by atoms with Crippen molar-refractivity contribution in [2.24, 2.45) is 0 Å². The van der Waals surface area contributed by atoms with E-state index >= 15 is 0 Å². The summed E-state index contributed by atoms with van der Waals surface area (Å²) in [7, 11) is 0. The highest BCUT2D eigenvalue weighted by atomic mass is 79.9. The molecule has 0 saturated heterocycles. The van der Waals surface area contributed by atoms with Gasteiger partial charge in [-0.25, -0.2) is 9.18 Å². The Hall–Kier alpha value is -1.36. The van der Waals surface area contributed by atoms with E-state index in [9.17, 15) is 9.18 Å². The monoisotopic (exact) mass is 299 g/mol. The smallest absolute Gasteiger partial charge is 0.336 e. The topological polar surface area (TPSA) is 49.3 Å². The first-order valence-electron chi connectivity index (χ1n) is 5.22. The van der Waals surface area contributed by atoms with Crippen molar-refractivity contribution in [2.45, 2.75) is 18.9 Å². The number of hydrogen-bond donors (Lipinski definition) is 2. The van der Waals surface area contributed by atoms with E-state index in [1.54, 1.807) is 0 Å². The minimum absolute atomic E-state index is 0.0130. The van der Waals surface area contributed by atoms with Gasteiger partial charge >= 0.3 is 5.97 Å². The van der Waals surface area contributed by atoms with Gasteiger partial charge in [-0.2, -0.15) is 0 Å². The highest BCUT2D eigenvalue weighted by molar-refractivity contribution is 9.10. The molecule has 2 N–H and O–H groups in total. The zero-order valence-corrected chi connectivity index (χ0v) is 10.5. The van der Waals surface area contributed by atoms with Crippen LogP contribution in [0.15, 0.2) is 28.8 Å². The summed E-state index contributed by atoms with van der Waals surface area (Å²) >= 11 is 2.97. The van der Waals surface area contributed by atoms with Crippen molar-refractivity contribution < 1.29 is 14.3 Å². The van der Waals surface area contributed by atoms with Gasteiger partial charge in [-0.15, -0.1) is 0 Å². The van der Waals surface area contributed by atoms with Crippen molar-refractivity contribution in [3.63, 3.8) is 0 Å². The summed E-state index contributed by atoms with van der Waals surface area (Å²) in [5.41, 5.74) is 0.258. The molecule has 2 rings (SSSR count). The minimum Gasteiger partial charge on any atom is -0.478 e. The maximum atomic E-state index is 13.9. The number of carbonyl (C=O) groups is 1. The third kappa shape index (κ3) is 2.49. The van der Waals surface area contributed by atoms with E-state index in [-0.39, 0.29) is 16.1 Å². The second-order valence-electron chi connectivity index (χ2n) is 3.88. The van der Waals surface area contributed by atoms with Gasteiger partial charge in [0, 0.05) is 6.04 Å². The number of anilines is 1. The Labute approximate surface area is 106 Å². The molecule has 0 aromatic heterocycles. The molecule has 1 aromatic rings. The van der Waals surface area contributed by atoms with Crippen molar-refractivity contribution in [3.05, 3.63) is 40.1 Å². The summed E-state index contributed by atoms with van der Waals surface area (Å²) in [6.07, 6.45) is 5.79. The average molecular weight is 300 g/mol. The van der Waals surface area contributed by atoms with Crippen molar-refractivity contribution in [1.82, 2.24) is 0 Å². The first-order valence-corrected chi connectivity index (χ1v) is 6.01. The van der Waals surface area contributed by atoms with Crippen LogP contribution in [-0.2, 0) is 0 Å². The first-order chi connectivity index (χ1) is 8.09. The van der Waals surface area contributed by atoms with E-state index in [0.29, 0.717) is 5.69 Å². The Balaban J connectivity index is 2.24. The van der Waals surface area contributed by atoms with Gasteiger partial charge in [0.25, 0.3) is 0 Å². The molecule has 0 bridgehead atoms. The van der Waals surface area contributed by atoms with Crippen molar-refractivity contribution in [1.29, 1.82) is 0 Å². The van der Waals surface area contributed by atoms with Crippen molar-refractivity contribution in [2.75, 3.05) is 5.32 Å². The molecule has 0 heterocycles. The number of nitrogens with one attached hydrogen (secondary N) is 1.